The van der Waals surface area contributed by atoms with Crippen LogP contribution in [0.15, 0.2) is 11.6 Å². The summed E-state index contributed by atoms with van der Waals surface area (Å²) in [5.74, 6) is 4.76. The zero-order chi connectivity index (χ0) is 9.68. The van der Waals surface area contributed by atoms with Gasteiger partial charge in [-0.1, -0.05) is 25.5 Å². The lowest BCUT2D eigenvalue weighted by Gasteiger charge is -2.20. The molecule has 0 bridgehead atoms. The summed E-state index contributed by atoms with van der Waals surface area (Å²) >= 11 is 7.99. The van der Waals surface area contributed by atoms with E-state index in [0.29, 0.717) is 11.8 Å². The number of halogens is 1. The Balaban J connectivity index is 2.49. The number of thioether (sulfide) groups is 1. The van der Waals surface area contributed by atoms with E-state index in [4.69, 9.17) is 11.6 Å². The van der Waals surface area contributed by atoms with Gasteiger partial charge in [-0.05, 0) is 36.2 Å². The molecule has 0 N–H and O–H groups in total. The van der Waals surface area contributed by atoms with E-state index in [9.17, 15) is 0 Å². The molecule has 0 spiro atoms. The lowest BCUT2D eigenvalue weighted by molar-refractivity contribution is 0.615. The summed E-state index contributed by atoms with van der Waals surface area (Å²) in [5, 5.41) is 0. The fourth-order valence-corrected chi connectivity index (χ4v) is 3.09. The van der Waals surface area contributed by atoms with Crippen LogP contribution in [0.2, 0.25) is 0 Å². The largest absolute Gasteiger partial charge is 0.161 e. The number of hydrogen-bond donors (Lipinski definition) is 0. The SMILES string of the molecule is CC(C)/C(=C\C1CCCSC1)CCl. The van der Waals surface area contributed by atoms with Gasteiger partial charge in [0.05, 0.1) is 0 Å². The topological polar surface area (TPSA) is 0 Å². The minimum atomic E-state index is 0.615. The van der Waals surface area contributed by atoms with Gasteiger partial charge in [-0.2, -0.15) is 11.8 Å². The molecule has 76 valence electrons. The Labute approximate surface area is 91.1 Å². The molecular weight excluding hydrogens is 200 g/mol. The lowest BCUT2D eigenvalue weighted by atomic mass is 9.97. The lowest BCUT2D eigenvalue weighted by Crippen LogP contribution is -2.10. The fourth-order valence-electron chi connectivity index (χ4n) is 1.59. The molecule has 0 aromatic heterocycles. The second kappa shape index (κ2) is 5.98. The molecule has 0 aliphatic carbocycles. The van der Waals surface area contributed by atoms with Crippen LogP contribution in [0.4, 0.5) is 0 Å². The van der Waals surface area contributed by atoms with Crippen LogP contribution in [0.25, 0.3) is 0 Å². The van der Waals surface area contributed by atoms with Crippen LogP contribution in [0, 0.1) is 11.8 Å². The first-order valence-corrected chi connectivity index (χ1v) is 6.77. The van der Waals surface area contributed by atoms with Gasteiger partial charge in [-0.15, -0.1) is 11.6 Å². The van der Waals surface area contributed by atoms with Crippen molar-refractivity contribution in [2.45, 2.75) is 26.7 Å². The summed E-state index contributed by atoms with van der Waals surface area (Å²) in [6, 6.07) is 0. The molecule has 2 heteroatoms. The maximum Gasteiger partial charge on any atom is 0.0436 e. The number of hydrogen-bond acceptors (Lipinski definition) is 1. The maximum absolute atomic E-state index is 5.91. The average Bonchev–Trinajstić information content (AvgIpc) is 2.15. The molecule has 13 heavy (non-hydrogen) atoms. The Bertz CT molecular complexity index is 169. The van der Waals surface area contributed by atoms with Crippen molar-refractivity contribution in [1.82, 2.24) is 0 Å². The number of allylic oxidation sites excluding steroid dienone is 2. The summed E-state index contributed by atoms with van der Waals surface area (Å²) in [7, 11) is 0. The van der Waals surface area contributed by atoms with Gasteiger partial charge in [0.15, 0.2) is 0 Å². The molecule has 0 radical (unpaired) electrons. The standard InChI is InChI=1S/C11H19ClS/c1-9(2)11(7-12)6-10-4-3-5-13-8-10/h6,9-10H,3-5,7-8H2,1-2H3/b11-6-. The molecule has 0 nitrogen and oxygen atoms in total. The molecule has 0 saturated carbocycles. The van der Waals surface area contributed by atoms with Crippen LogP contribution in [-0.2, 0) is 0 Å². The van der Waals surface area contributed by atoms with E-state index >= 15 is 0 Å². The van der Waals surface area contributed by atoms with Crippen molar-refractivity contribution in [2.24, 2.45) is 11.8 Å². The third-order valence-electron chi connectivity index (χ3n) is 2.54. The van der Waals surface area contributed by atoms with E-state index in [0.717, 1.165) is 5.92 Å². The summed E-state index contributed by atoms with van der Waals surface area (Å²) in [6.07, 6.45) is 5.16. The van der Waals surface area contributed by atoms with Crippen LogP contribution in [0.1, 0.15) is 26.7 Å². The van der Waals surface area contributed by atoms with E-state index in [1.165, 1.54) is 29.9 Å². The second-order valence-corrected chi connectivity index (χ2v) is 5.42. The van der Waals surface area contributed by atoms with Gasteiger partial charge in [0.1, 0.15) is 0 Å². The minimum absolute atomic E-state index is 0.615. The quantitative estimate of drug-likeness (QED) is 0.511. The predicted molar refractivity (Wildman–Crippen MR) is 63.7 cm³/mol. The van der Waals surface area contributed by atoms with Gasteiger partial charge < -0.3 is 0 Å². The van der Waals surface area contributed by atoms with E-state index in [1.54, 1.807) is 0 Å². The Morgan fingerprint density at radius 1 is 1.62 bits per heavy atom. The molecule has 1 heterocycles. The number of rotatable bonds is 3. The summed E-state index contributed by atoms with van der Waals surface area (Å²) in [6.45, 7) is 4.45. The Hall–Kier alpha value is 0.380. The van der Waals surface area contributed by atoms with Crippen molar-refractivity contribution in [2.75, 3.05) is 17.4 Å². The first kappa shape index (κ1) is 11.5. The van der Waals surface area contributed by atoms with Crippen molar-refractivity contribution >= 4 is 23.4 Å². The van der Waals surface area contributed by atoms with Gasteiger partial charge in [0, 0.05) is 5.88 Å². The molecular formula is C11H19ClS. The van der Waals surface area contributed by atoms with Crippen LogP contribution in [0.5, 0.6) is 0 Å². The molecule has 1 fully saturated rings. The molecule has 1 aliphatic rings. The molecule has 1 rings (SSSR count). The minimum Gasteiger partial charge on any atom is -0.161 e. The van der Waals surface area contributed by atoms with E-state index < -0.39 is 0 Å². The Morgan fingerprint density at radius 3 is 2.85 bits per heavy atom. The van der Waals surface area contributed by atoms with Crippen molar-refractivity contribution < 1.29 is 0 Å². The third kappa shape index (κ3) is 3.95. The normalized spacial score (nSPS) is 25.2. The molecule has 1 unspecified atom stereocenters. The highest BCUT2D eigenvalue weighted by Gasteiger charge is 2.13. The van der Waals surface area contributed by atoms with Gasteiger partial charge in [0.2, 0.25) is 0 Å². The first-order chi connectivity index (χ1) is 6.24. The zero-order valence-electron chi connectivity index (χ0n) is 8.55. The van der Waals surface area contributed by atoms with E-state index in [2.05, 4.69) is 31.7 Å². The van der Waals surface area contributed by atoms with Crippen LogP contribution in [-0.4, -0.2) is 17.4 Å². The zero-order valence-corrected chi connectivity index (χ0v) is 10.1. The van der Waals surface area contributed by atoms with Gasteiger partial charge in [0.25, 0.3) is 0 Å². The van der Waals surface area contributed by atoms with Crippen LogP contribution >= 0.6 is 23.4 Å². The van der Waals surface area contributed by atoms with Gasteiger partial charge >= 0.3 is 0 Å². The summed E-state index contributed by atoms with van der Waals surface area (Å²) in [4.78, 5) is 0. The Morgan fingerprint density at radius 2 is 2.38 bits per heavy atom. The van der Waals surface area contributed by atoms with Crippen molar-refractivity contribution in [3.8, 4) is 0 Å². The van der Waals surface area contributed by atoms with Crippen molar-refractivity contribution in [3.63, 3.8) is 0 Å². The van der Waals surface area contributed by atoms with Gasteiger partial charge in [-0.25, -0.2) is 0 Å². The van der Waals surface area contributed by atoms with Crippen molar-refractivity contribution in [3.05, 3.63) is 11.6 Å². The highest BCUT2D eigenvalue weighted by Crippen LogP contribution is 2.26. The fraction of sp³-hybridized carbons (Fsp3) is 0.818. The predicted octanol–water partition coefficient (Wildman–Crippen LogP) is 3.95. The third-order valence-corrected chi connectivity index (χ3v) is 4.09. The smallest absolute Gasteiger partial charge is 0.0436 e. The van der Waals surface area contributed by atoms with E-state index in [1.807, 2.05) is 0 Å². The highest BCUT2D eigenvalue weighted by molar-refractivity contribution is 7.99. The monoisotopic (exact) mass is 218 g/mol. The Kier molecular flexibility index (Phi) is 5.27. The van der Waals surface area contributed by atoms with E-state index in [-0.39, 0.29) is 0 Å². The number of alkyl halides is 1. The molecule has 0 amide bonds. The average molecular weight is 219 g/mol. The molecule has 0 aromatic rings. The highest BCUT2D eigenvalue weighted by atomic mass is 35.5. The first-order valence-electron chi connectivity index (χ1n) is 5.08. The molecule has 1 aliphatic heterocycles. The summed E-state index contributed by atoms with van der Waals surface area (Å²) < 4.78 is 0. The second-order valence-electron chi connectivity index (χ2n) is 4.01. The van der Waals surface area contributed by atoms with Gasteiger partial charge in [-0.3, -0.25) is 0 Å². The van der Waals surface area contributed by atoms with Crippen LogP contribution in [0.3, 0.4) is 0 Å². The molecule has 1 atom stereocenters. The molecule has 0 aromatic carbocycles. The van der Waals surface area contributed by atoms with Crippen molar-refractivity contribution in [1.29, 1.82) is 0 Å². The van der Waals surface area contributed by atoms with Crippen LogP contribution < -0.4 is 0 Å². The maximum atomic E-state index is 5.91. The molecule has 1 saturated heterocycles. The summed E-state index contributed by atoms with van der Waals surface area (Å²) in [5.41, 5.74) is 1.43.